The highest BCUT2D eigenvalue weighted by atomic mass is 16.3. The van der Waals surface area contributed by atoms with Gasteiger partial charge in [-0.1, -0.05) is 24.3 Å². The average Bonchev–Trinajstić information content (AvgIpc) is 2.73. The molecule has 0 fully saturated rings. The topological polar surface area (TPSA) is 101 Å². The van der Waals surface area contributed by atoms with Crippen LogP contribution in [0.15, 0.2) is 46.4 Å². The monoisotopic (exact) mass is 395 g/mol. The molecule has 154 valence electrons. The highest BCUT2D eigenvalue weighted by Gasteiger charge is 2.13. The Bertz CT molecular complexity index is 782. The molecule has 0 unspecified atom stereocenters. The van der Waals surface area contributed by atoms with Gasteiger partial charge in [0.1, 0.15) is 11.5 Å². The van der Waals surface area contributed by atoms with Crippen LogP contribution < -0.4 is 16.0 Å². The average molecular weight is 396 g/mol. The molecule has 1 aliphatic heterocycles. The largest absolute Gasteiger partial charge is 0.507 e. The van der Waals surface area contributed by atoms with Crippen LogP contribution in [0.3, 0.4) is 0 Å². The van der Waals surface area contributed by atoms with Gasteiger partial charge in [-0.05, 0) is 12.1 Å². The lowest BCUT2D eigenvalue weighted by atomic mass is 9.98. The Morgan fingerprint density at radius 2 is 1.00 bits per heavy atom. The van der Waals surface area contributed by atoms with E-state index in [-0.39, 0.29) is 11.5 Å². The molecule has 0 spiro atoms. The molecule has 0 amide bonds. The van der Waals surface area contributed by atoms with Gasteiger partial charge in [0.05, 0.1) is 13.1 Å². The number of aromatic hydroxyl groups is 2. The second-order valence-electron chi connectivity index (χ2n) is 6.81. The van der Waals surface area contributed by atoms with E-state index in [4.69, 9.17) is 0 Å². The molecule has 29 heavy (non-hydrogen) atoms. The van der Waals surface area contributed by atoms with Crippen LogP contribution in [-0.2, 0) is 0 Å². The number of rotatable bonds is 0. The summed E-state index contributed by atoms with van der Waals surface area (Å²) in [6.45, 7) is 6.38. The van der Waals surface area contributed by atoms with Crippen molar-refractivity contribution >= 4 is 12.4 Å². The Morgan fingerprint density at radius 1 is 0.586 bits per heavy atom. The predicted octanol–water partition coefficient (Wildman–Crippen LogP) is 1.38. The third kappa shape index (κ3) is 6.12. The number of hydrogen-bond acceptors (Lipinski definition) is 7. The minimum absolute atomic E-state index is 0.105. The van der Waals surface area contributed by atoms with Crippen molar-refractivity contribution in [1.29, 1.82) is 0 Å². The summed E-state index contributed by atoms with van der Waals surface area (Å²) in [6, 6.07) is 10.9. The SMILES string of the molecule is Oc1c2cccc1-c1cccc(c1O)C=NCCNCCNCCNCCN=C2. The zero-order chi connectivity index (χ0) is 20.3. The maximum absolute atomic E-state index is 10.7. The summed E-state index contributed by atoms with van der Waals surface area (Å²) in [5.74, 6) is 0.209. The standard InChI is InChI=1S/C22H29N5O2/c28-21-17-3-1-5-19(21)20-6-2-4-18(22(20)29)16-27-14-12-25-10-8-23-7-9-24-11-13-26-15-17/h1-6,15-16,23-25,28-29H,7-14H2. The number of hydrogen-bond donors (Lipinski definition) is 5. The number of benzene rings is 2. The van der Waals surface area contributed by atoms with Crippen molar-refractivity contribution in [2.45, 2.75) is 0 Å². The third-order valence-corrected chi connectivity index (χ3v) is 4.68. The molecule has 0 saturated carbocycles. The fourth-order valence-corrected chi connectivity index (χ4v) is 3.11. The lowest BCUT2D eigenvalue weighted by molar-refractivity contribution is 0.468. The Labute approximate surface area is 171 Å². The predicted molar refractivity (Wildman–Crippen MR) is 119 cm³/mol. The van der Waals surface area contributed by atoms with E-state index in [0.717, 1.165) is 39.3 Å². The first-order valence-electron chi connectivity index (χ1n) is 10.0. The number of phenolic OH excluding ortho intramolecular Hbond substituents is 2. The van der Waals surface area contributed by atoms with Crippen molar-refractivity contribution in [1.82, 2.24) is 16.0 Å². The van der Waals surface area contributed by atoms with Gasteiger partial charge in [0.2, 0.25) is 0 Å². The summed E-state index contributed by atoms with van der Waals surface area (Å²) in [5, 5.41) is 31.5. The van der Waals surface area contributed by atoms with Gasteiger partial charge in [0.25, 0.3) is 0 Å². The minimum Gasteiger partial charge on any atom is -0.507 e. The van der Waals surface area contributed by atoms with Crippen molar-refractivity contribution in [2.24, 2.45) is 9.98 Å². The molecule has 1 aliphatic rings. The quantitative estimate of drug-likeness (QED) is 0.464. The molecule has 2 aromatic carbocycles. The van der Waals surface area contributed by atoms with Gasteiger partial charge in [-0.2, -0.15) is 0 Å². The molecule has 7 heteroatoms. The van der Waals surface area contributed by atoms with Gasteiger partial charge < -0.3 is 26.2 Å². The van der Waals surface area contributed by atoms with Gasteiger partial charge in [-0.25, -0.2) is 0 Å². The third-order valence-electron chi connectivity index (χ3n) is 4.68. The molecule has 0 saturated heterocycles. The van der Waals surface area contributed by atoms with Crippen molar-refractivity contribution in [2.75, 3.05) is 52.4 Å². The number of nitrogens with zero attached hydrogens (tertiary/aromatic N) is 2. The number of nitrogens with one attached hydrogen (secondary N) is 3. The molecule has 7 nitrogen and oxygen atoms in total. The van der Waals surface area contributed by atoms with Crippen LogP contribution in [0.2, 0.25) is 0 Å². The van der Waals surface area contributed by atoms with E-state index in [0.29, 0.717) is 35.3 Å². The summed E-state index contributed by atoms with van der Waals surface area (Å²) in [7, 11) is 0. The van der Waals surface area contributed by atoms with E-state index in [1.807, 2.05) is 24.3 Å². The lowest BCUT2D eigenvalue weighted by Crippen LogP contribution is -2.34. The zero-order valence-corrected chi connectivity index (χ0v) is 16.6. The number of phenols is 2. The normalized spacial score (nSPS) is 16.8. The van der Waals surface area contributed by atoms with E-state index >= 15 is 0 Å². The summed E-state index contributed by atoms with van der Waals surface area (Å²) in [4.78, 5) is 8.80. The maximum atomic E-state index is 10.7. The van der Waals surface area contributed by atoms with Crippen LogP contribution in [-0.4, -0.2) is 75.0 Å². The first kappa shape index (κ1) is 21.0. The highest BCUT2D eigenvalue weighted by Crippen LogP contribution is 2.38. The van der Waals surface area contributed by atoms with Crippen LogP contribution in [0, 0.1) is 0 Å². The first-order chi connectivity index (χ1) is 14.3. The molecule has 0 atom stereocenters. The maximum Gasteiger partial charge on any atom is 0.132 e. The highest BCUT2D eigenvalue weighted by molar-refractivity contribution is 5.93. The minimum atomic E-state index is 0.105. The van der Waals surface area contributed by atoms with E-state index in [1.165, 1.54) is 0 Å². The van der Waals surface area contributed by atoms with E-state index in [9.17, 15) is 10.2 Å². The summed E-state index contributed by atoms with van der Waals surface area (Å²) >= 11 is 0. The fourth-order valence-electron chi connectivity index (χ4n) is 3.11. The lowest BCUT2D eigenvalue weighted by Gasteiger charge is -2.11. The number of aliphatic imine (C=N–C) groups is 2. The molecular formula is C22H29N5O2. The van der Waals surface area contributed by atoms with Crippen LogP contribution in [0.25, 0.3) is 11.1 Å². The molecule has 4 bridgehead atoms. The van der Waals surface area contributed by atoms with Crippen molar-refractivity contribution in [3.05, 3.63) is 47.5 Å². The second-order valence-corrected chi connectivity index (χ2v) is 6.81. The van der Waals surface area contributed by atoms with Crippen LogP contribution in [0.4, 0.5) is 0 Å². The fraction of sp³-hybridized carbons (Fsp3) is 0.364. The van der Waals surface area contributed by atoms with Crippen molar-refractivity contribution < 1.29 is 10.2 Å². The molecule has 0 radical (unpaired) electrons. The Balaban J connectivity index is 1.85. The van der Waals surface area contributed by atoms with Crippen LogP contribution in [0.5, 0.6) is 11.5 Å². The molecule has 0 aromatic heterocycles. The van der Waals surface area contributed by atoms with Crippen molar-refractivity contribution in [3.8, 4) is 22.6 Å². The van der Waals surface area contributed by atoms with Gasteiger partial charge in [-0.3, -0.25) is 9.98 Å². The molecule has 2 aromatic rings. The van der Waals surface area contributed by atoms with Crippen LogP contribution in [0.1, 0.15) is 11.1 Å². The summed E-state index contributed by atoms with van der Waals surface area (Å²) in [5.41, 5.74) is 2.39. The first-order valence-corrected chi connectivity index (χ1v) is 10.0. The Morgan fingerprint density at radius 3 is 1.45 bits per heavy atom. The Kier molecular flexibility index (Phi) is 8.18. The Hall–Kier alpha value is -2.74. The summed E-state index contributed by atoms with van der Waals surface area (Å²) < 4.78 is 0. The summed E-state index contributed by atoms with van der Waals surface area (Å²) in [6.07, 6.45) is 3.35. The van der Waals surface area contributed by atoms with Gasteiger partial charge >= 0.3 is 0 Å². The molecular weight excluding hydrogens is 366 g/mol. The van der Waals surface area contributed by atoms with Gasteiger partial charge in [-0.15, -0.1) is 0 Å². The van der Waals surface area contributed by atoms with Crippen LogP contribution >= 0.6 is 0 Å². The van der Waals surface area contributed by atoms with E-state index < -0.39 is 0 Å². The smallest absolute Gasteiger partial charge is 0.132 e. The van der Waals surface area contributed by atoms with Gasteiger partial charge in [0, 0.05) is 74.0 Å². The van der Waals surface area contributed by atoms with E-state index in [1.54, 1.807) is 24.6 Å². The molecule has 0 aliphatic carbocycles. The van der Waals surface area contributed by atoms with E-state index in [2.05, 4.69) is 25.9 Å². The zero-order valence-electron chi connectivity index (χ0n) is 16.6. The molecule has 3 rings (SSSR count). The van der Waals surface area contributed by atoms with Crippen molar-refractivity contribution in [3.63, 3.8) is 0 Å². The number of para-hydroxylation sites is 2. The number of fused-ring (bicyclic) bond motifs is 5. The molecule has 1 heterocycles. The van der Waals surface area contributed by atoms with Gasteiger partial charge in [0.15, 0.2) is 0 Å². The molecule has 5 N–H and O–H groups in total. The second kappa shape index (κ2) is 11.3.